The standard InChI is InChI=1S/C15H25N3O4S/c1-5-18(6-2)11(3)10-17-23(20,21)12-7-8-14(22-4)13(9-12)15(16)19/h7-9,11,17H,5-6,10H2,1-4H3,(H2,16,19)/t11-/m0/s1. The van der Waals surface area contributed by atoms with Crippen LogP contribution in [0.15, 0.2) is 23.1 Å². The topological polar surface area (TPSA) is 102 Å². The third-order valence-electron chi connectivity index (χ3n) is 3.75. The van der Waals surface area contributed by atoms with E-state index in [-0.39, 0.29) is 28.8 Å². The van der Waals surface area contributed by atoms with Crippen molar-refractivity contribution in [3.63, 3.8) is 0 Å². The largest absolute Gasteiger partial charge is 0.496 e. The minimum Gasteiger partial charge on any atom is -0.496 e. The number of rotatable bonds is 9. The summed E-state index contributed by atoms with van der Waals surface area (Å²) in [6, 6.07) is 4.10. The molecule has 130 valence electrons. The maximum Gasteiger partial charge on any atom is 0.252 e. The van der Waals surface area contributed by atoms with Gasteiger partial charge < -0.3 is 10.5 Å². The number of nitrogens with zero attached hydrogens (tertiary/aromatic N) is 1. The van der Waals surface area contributed by atoms with Gasteiger partial charge in [0.1, 0.15) is 5.75 Å². The van der Waals surface area contributed by atoms with Gasteiger partial charge in [-0.15, -0.1) is 0 Å². The number of amides is 1. The van der Waals surface area contributed by atoms with Gasteiger partial charge in [0.15, 0.2) is 0 Å². The molecule has 3 N–H and O–H groups in total. The maximum atomic E-state index is 12.4. The average molecular weight is 343 g/mol. The van der Waals surface area contributed by atoms with E-state index in [9.17, 15) is 13.2 Å². The van der Waals surface area contributed by atoms with Crippen molar-refractivity contribution in [1.82, 2.24) is 9.62 Å². The van der Waals surface area contributed by atoms with E-state index in [2.05, 4.69) is 9.62 Å². The van der Waals surface area contributed by atoms with Crippen molar-refractivity contribution in [2.24, 2.45) is 5.73 Å². The first-order valence-corrected chi connectivity index (χ1v) is 8.96. The number of ether oxygens (including phenoxy) is 1. The summed E-state index contributed by atoms with van der Waals surface area (Å²) in [5.74, 6) is -0.497. The molecule has 1 atom stereocenters. The molecule has 0 heterocycles. The van der Waals surface area contributed by atoms with Crippen molar-refractivity contribution >= 4 is 15.9 Å². The third-order valence-corrected chi connectivity index (χ3v) is 5.17. The highest BCUT2D eigenvalue weighted by atomic mass is 32.2. The predicted molar refractivity (Wildman–Crippen MR) is 89.1 cm³/mol. The van der Waals surface area contributed by atoms with Gasteiger partial charge in [-0.2, -0.15) is 0 Å². The highest BCUT2D eigenvalue weighted by Crippen LogP contribution is 2.22. The van der Waals surface area contributed by atoms with Crippen LogP contribution in [0.2, 0.25) is 0 Å². The van der Waals surface area contributed by atoms with E-state index in [1.54, 1.807) is 0 Å². The molecule has 0 aliphatic heterocycles. The molecule has 1 rings (SSSR count). The molecule has 0 unspecified atom stereocenters. The minimum absolute atomic E-state index is 0.0150. The molecule has 0 aliphatic carbocycles. The summed E-state index contributed by atoms with van der Waals surface area (Å²) in [6.07, 6.45) is 0. The lowest BCUT2D eigenvalue weighted by Crippen LogP contribution is -2.41. The Morgan fingerprint density at radius 2 is 1.96 bits per heavy atom. The van der Waals surface area contributed by atoms with E-state index in [0.29, 0.717) is 0 Å². The zero-order valence-electron chi connectivity index (χ0n) is 14.0. The van der Waals surface area contributed by atoms with Crippen molar-refractivity contribution in [2.75, 3.05) is 26.7 Å². The van der Waals surface area contributed by atoms with Gasteiger partial charge in [0, 0.05) is 12.6 Å². The number of benzene rings is 1. The molecule has 0 bridgehead atoms. The number of likely N-dealkylation sites (N-methyl/N-ethyl adjacent to an activating group) is 1. The summed E-state index contributed by atoms with van der Waals surface area (Å²) in [4.78, 5) is 13.5. The maximum absolute atomic E-state index is 12.4. The predicted octanol–water partition coefficient (Wildman–Crippen LogP) is 0.803. The number of carbonyl (C=O) groups excluding carboxylic acids is 1. The van der Waals surface area contributed by atoms with Crippen LogP contribution in [0.3, 0.4) is 0 Å². The molecule has 0 fully saturated rings. The Morgan fingerprint density at radius 1 is 1.35 bits per heavy atom. The first-order valence-electron chi connectivity index (χ1n) is 7.48. The summed E-state index contributed by atoms with van der Waals surface area (Å²) in [7, 11) is -2.34. The van der Waals surface area contributed by atoms with E-state index in [1.165, 1.54) is 25.3 Å². The minimum atomic E-state index is -3.73. The van der Waals surface area contributed by atoms with Gasteiger partial charge in [0.05, 0.1) is 17.6 Å². The number of primary amides is 1. The number of hydrogen-bond acceptors (Lipinski definition) is 5. The number of nitrogens with one attached hydrogen (secondary N) is 1. The zero-order valence-corrected chi connectivity index (χ0v) is 14.8. The van der Waals surface area contributed by atoms with Crippen LogP contribution in [-0.2, 0) is 10.0 Å². The fourth-order valence-corrected chi connectivity index (χ4v) is 3.48. The molecule has 8 heteroatoms. The summed E-state index contributed by atoms with van der Waals surface area (Å²) in [5, 5.41) is 0. The van der Waals surface area contributed by atoms with Crippen molar-refractivity contribution in [2.45, 2.75) is 31.7 Å². The fourth-order valence-electron chi connectivity index (χ4n) is 2.34. The molecule has 0 aliphatic rings. The second-order valence-corrected chi connectivity index (χ2v) is 6.92. The highest BCUT2D eigenvalue weighted by Gasteiger charge is 2.20. The van der Waals surface area contributed by atoms with Crippen LogP contribution in [0.4, 0.5) is 0 Å². The van der Waals surface area contributed by atoms with Gasteiger partial charge in [-0.3, -0.25) is 9.69 Å². The normalized spacial score (nSPS) is 13.1. The first-order chi connectivity index (χ1) is 10.8. The monoisotopic (exact) mass is 343 g/mol. The molecular weight excluding hydrogens is 318 g/mol. The van der Waals surface area contributed by atoms with E-state index in [0.717, 1.165) is 13.1 Å². The molecule has 0 spiro atoms. The lowest BCUT2D eigenvalue weighted by molar-refractivity contribution is 0.0997. The van der Waals surface area contributed by atoms with Crippen LogP contribution in [-0.4, -0.2) is 52.0 Å². The molecule has 0 saturated carbocycles. The van der Waals surface area contributed by atoms with Gasteiger partial charge in [0.25, 0.3) is 5.91 Å². The van der Waals surface area contributed by atoms with E-state index in [1.807, 2.05) is 20.8 Å². The Morgan fingerprint density at radius 3 is 2.43 bits per heavy atom. The van der Waals surface area contributed by atoms with Crippen LogP contribution in [0.1, 0.15) is 31.1 Å². The molecule has 0 radical (unpaired) electrons. The van der Waals surface area contributed by atoms with Gasteiger partial charge >= 0.3 is 0 Å². The van der Waals surface area contributed by atoms with Crippen molar-refractivity contribution in [1.29, 1.82) is 0 Å². The molecule has 7 nitrogen and oxygen atoms in total. The molecular formula is C15H25N3O4S. The third kappa shape index (κ3) is 4.92. The van der Waals surface area contributed by atoms with Crippen molar-refractivity contribution in [3.05, 3.63) is 23.8 Å². The number of hydrogen-bond donors (Lipinski definition) is 2. The molecule has 0 saturated heterocycles. The second kappa shape index (κ2) is 8.28. The SMILES string of the molecule is CCN(CC)[C@@H](C)CNS(=O)(=O)c1ccc(OC)c(C(N)=O)c1. The summed E-state index contributed by atoms with van der Waals surface area (Å²) >= 11 is 0. The molecule has 1 aromatic rings. The fraction of sp³-hybridized carbons (Fsp3) is 0.533. The van der Waals surface area contributed by atoms with E-state index in [4.69, 9.17) is 10.5 Å². The number of nitrogens with two attached hydrogens (primary N) is 1. The Labute approximate surface area is 137 Å². The molecule has 0 aromatic heterocycles. The van der Waals surface area contributed by atoms with Crippen LogP contribution in [0.5, 0.6) is 5.75 Å². The first kappa shape index (κ1) is 19.4. The molecule has 1 amide bonds. The van der Waals surface area contributed by atoms with Crippen molar-refractivity contribution < 1.29 is 17.9 Å². The number of methoxy groups -OCH3 is 1. The van der Waals surface area contributed by atoms with E-state index >= 15 is 0 Å². The van der Waals surface area contributed by atoms with Crippen molar-refractivity contribution in [3.8, 4) is 5.75 Å². The number of sulfonamides is 1. The second-order valence-electron chi connectivity index (χ2n) is 5.15. The van der Waals surface area contributed by atoms with Crippen LogP contribution in [0.25, 0.3) is 0 Å². The lowest BCUT2D eigenvalue weighted by Gasteiger charge is -2.26. The zero-order chi connectivity index (χ0) is 17.6. The highest BCUT2D eigenvalue weighted by molar-refractivity contribution is 7.89. The molecule has 1 aromatic carbocycles. The summed E-state index contributed by atoms with van der Waals surface area (Å²) in [6.45, 7) is 7.97. The van der Waals surface area contributed by atoms with Crippen LogP contribution >= 0.6 is 0 Å². The summed E-state index contributed by atoms with van der Waals surface area (Å²) < 4.78 is 32.4. The lowest BCUT2D eigenvalue weighted by atomic mass is 10.2. The Bertz CT molecular complexity index is 642. The quantitative estimate of drug-likeness (QED) is 0.691. The average Bonchev–Trinajstić information content (AvgIpc) is 2.53. The van der Waals surface area contributed by atoms with Gasteiger partial charge in [0.2, 0.25) is 10.0 Å². The Balaban J connectivity index is 2.96. The van der Waals surface area contributed by atoms with Gasteiger partial charge in [-0.1, -0.05) is 13.8 Å². The summed E-state index contributed by atoms with van der Waals surface area (Å²) in [5.41, 5.74) is 5.29. The van der Waals surface area contributed by atoms with E-state index < -0.39 is 15.9 Å². The number of carbonyl (C=O) groups is 1. The van der Waals surface area contributed by atoms with Crippen LogP contribution in [0, 0.1) is 0 Å². The van der Waals surface area contributed by atoms with Gasteiger partial charge in [-0.25, -0.2) is 13.1 Å². The molecule has 23 heavy (non-hydrogen) atoms. The van der Waals surface area contributed by atoms with Crippen LogP contribution < -0.4 is 15.2 Å². The smallest absolute Gasteiger partial charge is 0.252 e. The Kier molecular flexibility index (Phi) is 6.99. The Hall–Kier alpha value is -1.64. The van der Waals surface area contributed by atoms with Gasteiger partial charge in [-0.05, 0) is 38.2 Å².